The maximum Gasteiger partial charge on any atom is 0.240 e. The van der Waals surface area contributed by atoms with E-state index in [-0.39, 0.29) is 24.3 Å². The molecule has 0 radical (unpaired) electrons. The average molecular weight is 233 g/mol. The van der Waals surface area contributed by atoms with Crippen LogP contribution in [0.3, 0.4) is 0 Å². The molecule has 0 spiro atoms. The van der Waals surface area contributed by atoms with E-state index in [0.717, 1.165) is 0 Å². The summed E-state index contributed by atoms with van der Waals surface area (Å²) >= 11 is 0. The molecular formula is C12H15N3O2. The third-order valence-electron chi connectivity index (χ3n) is 2.82. The zero-order valence-electron chi connectivity index (χ0n) is 9.64. The minimum atomic E-state index is -0.131. The molecule has 17 heavy (non-hydrogen) atoms. The Balaban J connectivity index is 2.38. The van der Waals surface area contributed by atoms with Crippen LogP contribution < -0.4 is 16.2 Å². The van der Waals surface area contributed by atoms with Crippen LogP contribution in [0, 0.1) is 0 Å². The standard InChI is InChI=1S/C12H15N3O2/c1-8-6-12(17)14-15(8)10-5-3-2-4-9(10)11(16)7-13/h2-5,8H,6-7,13H2,1H3,(H,14,17). The second kappa shape index (κ2) is 4.55. The number of rotatable bonds is 3. The van der Waals surface area contributed by atoms with Crippen LogP contribution >= 0.6 is 0 Å². The van der Waals surface area contributed by atoms with Gasteiger partial charge in [0.05, 0.1) is 24.7 Å². The number of nitrogens with zero attached hydrogens (tertiary/aromatic N) is 1. The first-order chi connectivity index (χ1) is 8.13. The van der Waals surface area contributed by atoms with Crippen molar-refractivity contribution >= 4 is 17.4 Å². The number of hydrazine groups is 1. The molecule has 1 aliphatic rings. The lowest BCUT2D eigenvalue weighted by Crippen LogP contribution is -2.38. The van der Waals surface area contributed by atoms with Crippen LogP contribution in [-0.4, -0.2) is 24.3 Å². The van der Waals surface area contributed by atoms with Crippen molar-refractivity contribution in [1.29, 1.82) is 0 Å². The summed E-state index contributed by atoms with van der Waals surface area (Å²) in [6.45, 7) is 1.90. The third-order valence-corrected chi connectivity index (χ3v) is 2.82. The van der Waals surface area contributed by atoms with E-state index in [1.165, 1.54) is 0 Å². The lowest BCUT2D eigenvalue weighted by Gasteiger charge is -2.24. The first-order valence-corrected chi connectivity index (χ1v) is 5.54. The molecule has 1 amide bonds. The maximum absolute atomic E-state index is 11.7. The molecule has 1 aromatic carbocycles. The molecule has 1 unspecified atom stereocenters. The number of Topliss-reactive ketones (excluding diaryl/α,β-unsaturated/α-hetero) is 1. The highest BCUT2D eigenvalue weighted by molar-refractivity contribution is 6.03. The van der Waals surface area contributed by atoms with E-state index in [2.05, 4.69) is 5.43 Å². The molecule has 1 aromatic rings. The predicted molar refractivity (Wildman–Crippen MR) is 64.5 cm³/mol. The van der Waals surface area contributed by atoms with Gasteiger partial charge in [-0.3, -0.25) is 20.0 Å². The molecule has 1 fully saturated rings. The van der Waals surface area contributed by atoms with Crippen molar-refractivity contribution in [2.24, 2.45) is 5.73 Å². The van der Waals surface area contributed by atoms with Crippen LogP contribution in [0.2, 0.25) is 0 Å². The molecule has 3 N–H and O–H groups in total. The van der Waals surface area contributed by atoms with Gasteiger partial charge in [0.25, 0.3) is 0 Å². The number of para-hydroxylation sites is 1. The summed E-state index contributed by atoms with van der Waals surface area (Å²) in [5.74, 6) is -0.165. The lowest BCUT2D eigenvalue weighted by molar-refractivity contribution is -0.119. The number of hydrogen-bond donors (Lipinski definition) is 2. The van der Waals surface area contributed by atoms with Gasteiger partial charge in [-0.15, -0.1) is 0 Å². The number of nitrogens with one attached hydrogen (secondary N) is 1. The van der Waals surface area contributed by atoms with E-state index in [9.17, 15) is 9.59 Å². The van der Waals surface area contributed by atoms with Gasteiger partial charge in [-0.1, -0.05) is 12.1 Å². The highest BCUT2D eigenvalue weighted by atomic mass is 16.2. The molecule has 1 aliphatic heterocycles. The molecule has 0 aromatic heterocycles. The number of carbonyl (C=O) groups excluding carboxylic acids is 2. The highest BCUT2D eigenvalue weighted by Gasteiger charge is 2.28. The van der Waals surface area contributed by atoms with Gasteiger partial charge < -0.3 is 5.73 Å². The molecule has 0 aliphatic carbocycles. The van der Waals surface area contributed by atoms with Crippen molar-refractivity contribution in [1.82, 2.24) is 5.43 Å². The summed E-state index contributed by atoms with van der Waals surface area (Å²) in [7, 11) is 0. The summed E-state index contributed by atoms with van der Waals surface area (Å²) in [6, 6.07) is 7.19. The Hall–Kier alpha value is -1.88. The van der Waals surface area contributed by atoms with E-state index in [1.54, 1.807) is 17.1 Å². The van der Waals surface area contributed by atoms with Gasteiger partial charge in [-0.2, -0.15) is 0 Å². The average Bonchev–Trinajstić information content (AvgIpc) is 2.67. The van der Waals surface area contributed by atoms with E-state index >= 15 is 0 Å². The quantitative estimate of drug-likeness (QED) is 0.744. The van der Waals surface area contributed by atoms with Crippen molar-refractivity contribution < 1.29 is 9.59 Å². The molecule has 0 saturated carbocycles. The Kier molecular flexibility index (Phi) is 3.10. The van der Waals surface area contributed by atoms with Crippen molar-refractivity contribution in [3.8, 4) is 0 Å². The SMILES string of the molecule is CC1CC(=O)NN1c1ccccc1C(=O)CN. The van der Waals surface area contributed by atoms with E-state index in [0.29, 0.717) is 17.7 Å². The van der Waals surface area contributed by atoms with Crippen molar-refractivity contribution in [2.45, 2.75) is 19.4 Å². The van der Waals surface area contributed by atoms with Gasteiger partial charge in [0.1, 0.15) is 0 Å². The van der Waals surface area contributed by atoms with Crippen LogP contribution in [0.15, 0.2) is 24.3 Å². The monoisotopic (exact) mass is 233 g/mol. The van der Waals surface area contributed by atoms with E-state index in [4.69, 9.17) is 5.73 Å². The van der Waals surface area contributed by atoms with Crippen LogP contribution in [0.5, 0.6) is 0 Å². The second-order valence-corrected chi connectivity index (χ2v) is 4.10. The Morgan fingerprint density at radius 1 is 1.53 bits per heavy atom. The molecule has 1 atom stereocenters. The molecule has 90 valence electrons. The van der Waals surface area contributed by atoms with Crippen LogP contribution in [0.25, 0.3) is 0 Å². The molecule has 0 bridgehead atoms. The molecule has 1 heterocycles. The van der Waals surface area contributed by atoms with Gasteiger partial charge >= 0.3 is 0 Å². The highest BCUT2D eigenvalue weighted by Crippen LogP contribution is 2.24. The molecule has 5 nitrogen and oxygen atoms in total. The first kappa shape index (κ1) is 11.6. The lowest BCUT2D eigenvalue weighted by atomic mass is 10.1. The van der Waals surface area contributed by atoms with Crippen molar-refractivity contribution in [3.63, 3.8) is 0 Å². The van der Waals surface area contributed by atoms with E-state index < -0.39 is 0 Å². The summed E-state index contributed by atoms with van der Waals surface area (Å²) in [4.78, 5) is 23.0. The zero-order chi connectivity index (χ0) is 12.4. The smallest absolute Gasteiger partial charge is 0.240 e. The number of amides is 1. The third kappa shape index (κ3) is 2.14. The van der Waals surface area contributed by atoms with Gasteiger partial charge in [0.2, 0.25) is 5.91 Å². The Morgan fingerprint density at radius 2 is 2.24 bits per heavy atom. The number of nitrogens with two attached hydrogens (primary N) is 1. The van der Waals surface area contributed by atoms with Crippen LogP contribution in [0.1, 0.15) is 23.7 Å². The predicted octanol–water partition coefficient (Wildman–Crippen LogP) is 0.458. The van der Waals surface area contributed by atoms with Gasteiger partial charge in [0, 0.05) is 5.56 Å². The van der Waals surface area contributed by atoms with Gasteiger partial charge in [-0.25, -0.2) is 0 Å². The topological polar surface area (TPSA) is 75.4 Å². The summed E-state index contributed by atoms with van der Waals surface area (Å²) in [5, 5.41) is 1.73. The Morgan fingerprint density at radius 3 is 2.82 bits per heavy atom. The molecule has 2 rings (SSSR count). The zero-order valence-corrected chi connectivity index (χ0v) is 9.64. The van der Waals surface area contributed by atoms with Gasteiger partial charge in [0.15, 0.2) is 5.78 Å². The fraction of sp³-hybridized carbons (Fsp3) is 0.333. The molecule has 5 heteroatoms. The molecular weight excluding hydrogens is 218 g/mol. The molecule has 1 saturated heterocycles. The van der Waals surface area contributed by atoms with E-state index in [1.807, 2.05) is 19.1 Å². The van der Waals surface area contributed by atoms with Crippen molar-refractivity contribution in [3.05, 3.63) is 29.8 Å². The van der Waals surface area contributed by atoms with Gasteiger partial charge in [-0.05, 0) is 19.1 Å². The fourth-order valence-electron chi connectivity index (χ4n) is 1.98. The van der Waals surface area contributed by atoms with Crippen molar-refractivity contribution in [2.75, 3.05) is 11.6 Å². The number of anilines is 1. The minimum absolute atomic E-state index is 0.0345. The maximum atomic E-state index is 11.7. The van der Waals surface area contributed by atoms with Crippen LogP contribution in [0.4, 0.5) is 5.69 Å². The number of ketones is 1. The fourth-order valence-corrected chi connectivity index (χ4v) is 1.98. The van der Waals surface area contributed by atoms with Crippen LogP contribution in [-0.2, 0) is 4.79 Å². The second-order valence-electron chi connectivity index (χ2n) is 4.10. The number of benzene rings is 1. The minimum Gasteiger partial charge on any atom is -0.324 e. The summed E-state index contributed by atoms with van der Waals surface area (Å²) < 4.78 is 0. The normalized spacial score (nSPS) is 19.3. The summed E-state index contributed by atoms with van der Waals surface area (Å²) in [6.07, 6.45) is 0.436. The Bertz CT molecular complexity index is 459. The Labute approximate surface area is 99.6 Å². The summed E-state index contributed by atoms with van der Waals surface area (Å²) in [5.41, 5.74) is 9.37. The largest absolute Gasteiger partial charge is 0.324 e. The number of hydrogen-bond acceptors (Lipinski definition) is 4. The first-order valence-electron chi connectivity index (χ1n) is 5.54. The number of carbonyl (C=O) groups is 2.